The van der Waals surface area contributed by atoms with Crippen LogP contribution >= 0.6 is 0 Å². The second-order valence-electron chi connectivity index (χ2n) is 14.6. The first-order valence-electron chi connectivity index (χ1n) is 19.6. The number of amides is 3. The zero-order valence-electron chi connectivity index (χ0n) is 31.6. The van der Waals surface area contributed by atoms with Crippen molar-refractivity contribution in [1.82, 2.24) is 20.0 Å². The Kier molecular flexibility index (Phi) is 12.2. The molecule has 3 N–H and O–H groups in total. The third-order valence-electron chi connectivity index (χ3n) is 10.9. The molecule has 0 spiro atoms. The molecule has 7 rings (SSSR count). The fourth-order valence-electron chi connectivity index (χ4n) is 8.01. The molecule has 1 unspecified atom stereocenters. The maximum absolute atomic E-state index is 13.0. The molecule has 3 aliphatic rings. The number of ether oxygens (including phenoxy) is 1. The predicted molar refractivity (Wildman–Crippen MR) is 216 cm³/mol. The maximum atomic E-state index is 13.0. The van der Waals surface area contributed by atoms with Gasteiger partial charge in [0.2, 0.25) is 11.8 Å². The molecule has 3 aliphatic heterocycles. The Morgan fingerprint density at radius 3 is 2.25 bits per heavy atom. The third-order valence-corrected chi connectivity index (χ3v) is 10.9. The van der Waals surface area contributed by atoms with E-state index >= 15 is 0 Å². The third kappa shape index (κ3) is 9.27. The fraction of sp³-hybridized carbons (Fsp3) is 0.356. The van der Waals surface area contributed by atoms with Crippen LogP contribution in [-0.2, 0) is 16.1 Å². The topological polar surface area (TPSA) is 114 Å². The molecule has 286 valence electrons. The molecule has 0 aliphatic carbocycles. The van der Waals surface area contributed by atoms with Crippen LogP contribution in [0.15, 0.2) is 97.1 Å². The lowest BCUT2D eigenvalue weighted by atomic mass is 9.88. The average molecular weight is 742 g/mol. The Morgan fingerprint density at radius 1 is 0.836 bits per heavy atom. The van der Waals surface area contributed by atoms with Crippen LogP contribution < -0.4 is 15.4 Å². The number of aromatic hydroxyl groups is 1. The van der Waals surface area contributed by atoms with Crippen molar-refractivity contribution < 1.29 is 24.2 Å². The molecule has 10 heteroatoms. The average Bonchev–Trinajstić information content (AvgIpc) is 3.35. The summed E-state index contributed by atoms with van der Waals surface area (Å²) < 4.78 is 6.24. The van der Waals surface area contributed by atoms with Crippen LogP contribution in [0.2, 0.25) is 0 Å². The number of piperidine rings is 1. The van der Waals surface area contributed by atoms with Gasteiger partial charge in [-0.05, 0) is 121 Å². The van der Waals surface area contributed by atoms with Crippen molar-refractivity contribution in [3.05, 3.63) is 125 Å². The molecule has 0 radical (unpaired) electrons. The number of nitrogens with one attached hydrogen (secondary N) is 2. The van der Waals surface area contributed by atoms with Crippen molar-refractivity contribution in [2.75, 3.05) is 57.7 Å². The molecular weight excluding hydrogens is 691 g/mol. The number of hydrogen-bond acceptors (Lipinski definition) is 8. The second kappa shape index (κ2) is 17.8. The van der Waals surface area contributed by atoms with Crippen molar-refractivity contribution >= 4 is 34.6 Å². The summed E-state index contributed by atoms with van der Waals surface area (Å²) in [5.41, 5.74) is 8.30. The van der Waals surface area contributed by atoms with E-state index in [-0.39, 0.29) is 29.9 Å². The molecule has 2 fully saturated rings. The van der Waals surface area contributed by atoms with Gasteiger partial charge in [-0.1, -0.05) is 61.5 Å². The Morgan fingerprint density at radius 2 is 1.55 bits per heavy atom. The Labute approximate surface area is 323 Å². The van der Waals surface area contributed by atoms with Crippen LogP contribution in [0, 0.1) is 0 Å². The van der Waals surface area contributed by atoms with E-state index in [1.165, 1.54) is 11.1 Å². The van der Waals surface area contributed by atoms with Gasteiger partial charge in [-0.3, -0.25) is 24.6 Å². The quantitative estimate of drug-likeness (QED) is 0.0773. The summed E-state index contributed by atoms with van der Waals surface area (Å²) in [6.45, 7) is 10.1. The van der Waals surface area contributed by atoms with Crippen LogP contribution in [-0.4, -0.2) is 96.0 Å². The minimum atomic E-state index is -0.598. The van der Waals surface area contributed by atoms with Gasteiger partial charge in [0.25, 0.3) is 5.91 Å². The minimum absolute atomic E-state index is 0.147. The summed E-state index contributed by atoms with van der Waals surface area (Å²) in [7, 11) is 0. The van der Waals surface area contributed by atoms with E-state index in [9.17, 15) is 19.5 Å². The molecule has 3 heterocycles. The predicted octanol–water partition coefficient (Wildman–Crippen LogP) is 6.41. The van der Waals surface area contributed by atoms with Gasteiger partial charge in [0.05, 0.1) is 0 Å². The number of benzene rings is 4. The van der Waals surface area contributed by atoms with Gasteiger partial charge < -0.3 is 25.0 Å². The summed E-state index contributed by atoms with van der Waals surface area (Å²) in [6, 6.07) is 31.5. The number of imide groups is 1. The van der Waals surface area contributed by atoms with Gasteiger partial charge in [-0.15, -0.1) is 0 Å². The number of fused-ring (bicyclic) bond motifs is 1. The van der Waals surface area contributed by atoms with E-state index < -0.39 is 6.04 Å². The van der Waals surface area contributed by atoms with Crippen LogP contribution in [0.25, 0.3) is 11.1 Å². The highest BCUT2D eigenvalue weighted by Crippen LogP contribution is 2.36. The van der Waals surface area contributed by atoms with E-state index in [1.807, 2.05) is 36.4 Å². The summed E-state index contributed by atoms with van der Waals surface area (Å²) in [5.74, 6) is 0.302. The Hall–Kier alpha value is -5.45. The molecule has 4 aromatic carbocycles. The number of rotatable bonds is 14. The van der Waals surface area contributed by atoms with Gasteiger partial charge in [0.1, 0.15) is 24.1 Å². The largest absolute Gasteiger partial charge is 0.508 e. The number of hydrogen-bond donors (Lipinski definition) is 3. The molecular formula is C45H51N5O5. The van der Waals surface area contributed by atoms with Crippen LogP contribution in [0.1, 0.15) is 71.6 Å². The van der Waals surface area contributed by atoms with E-state index in [0.717, 1.165) is 98.8 Å². The molecule has 0 bridgehead atoms. The SMILES string of the molecule is CC/C(=C(\c1ccc(O)cc1)c1ccc(OCCN2CCCN(CCCNc3ccc4c(c3)CN(C3CCC(=O)NC3=O)C4=O)CC2)cc1)c1ccccc1. The van der Waals surface area contributed by atoms with Crippen molar-refractivity contribution in [2.45, 2.75) is 51.6 Å². The number of nitrogens with zero attached hydrogens (tertiary/aromatic N) is 3. The second-order valence-corrected chi connectivity index (χ2v) is 14.6. The van der Waals surface area contributed by atoms with E-state index in [1.54, 1.807) is 17.0 Å². The zero-order valence-corrected chi connectivity index (χ0v) is 31.6. The van der Waals surface area contributed by atoms with Gasteiger partial charge in [-0.2, -0.15) is 0 Å². The Balaban J connectivity index is 0.851. The highest BCUT2D eigenvalue weighted by Gasteiger charge is 2.39. The fourth-order valence-corrected chi connectivity index (χ4v) is 8.01. The summed E-state index contributed by atoms with van der Waals surface area (Å²) in [4.78, 5) is 43.6. The number of anilines is 1. The number of carbonyl (C=O) groups is 3. The van der Waals surface area contributed by atoms with Crippen molar-refractivity contribution in [3.8, 4) is 11.5 Å². The Bertz CT molecular complexity index is 2000. The molecule has 10 nitrogen and oxygen atoms in total. The van der Waals surface area contributed by atoms with Gasteiger partial charge >= 0.3 is 0 Å². The summed E-state index contributed by atoms with van der Waals surface area (Å²) >= 11 is 0. The molecule has 2 saturated heterocycles. The standard InChI is InChI=1S/C45H51N5O5/c1-2-39(32-8-4-3-5-9-32)43(33-10-15-37(51)16-11-33)34-12-17-38(18-13-34)55-29-28-49-25-7-24-48(26-27-49)23-6-22-46-36-14-19-40-35(30-36)31-50(45(40)54)41-20-21-42(52)47-44(41)53/h3-5,8-19,30,41,46,51H,2,6-7,20-29,31H2,1H3,(H,47,52,53)/b43-39-. The first-order valence-corrected chi connectivity index (χ1v) is 19.6. The zero-order chi connectivity index (χ0) is 38.1. The van der Waals surface area contributed by atoms with Crippen LogP contribution in [0.4, 0.5) is 5.69 Å². The van der Waals surface area contributed by atoms with Crippen LogP contribution in [0.5, 0.6) is 11.5 Å². The number of phenols is 1. The number of phenolic OH excluding ortho intramolecular Hbond substituents is 1. The van der Waals surface area contributed by atoms with E-state index in [0.29, 0.717) is 25.1 Å². The molecule has 4 aromatic rings. The summed E-state index contributed by atoms with van der Waals surface area (Å²) in [6.07, 6.45) is 3.62. The lowest BCUT2D eigenvalue weighted by Crippen LogP contribution is -2.52. The highest BCUT2D eigenvalue weighted by atomic mass is 16.5. The normalized spacial score (nSPS) is 18.4. The molecule has 0 saturated carbocycles. The lowest BCUT2D eigenvalue weighted by molar-refractivity contribution is -0.136. The van der Waals surface area contributed by atoms with Crippen molar-refractivity contribution in [3.63, 3.8) is 0 Å². The lowest BCUT2D eigenvalue weighted by Gasteiger charge is -2.29. The van der Waals surface area contributed by atoms with Crippen molar-refractivity contribution in [2.24, 2.45) is 0 Å². The first-order chi connectivity index (χ1) is 26.9. The summed E-state index contributed by atoms with van der Waals surface area (Å²) in [5, 5.41) is 15.8. The van der Waals surface area contributed by atoms with Crippen molar-refractivity contribution in [1.29, 1.82) is 0 Å². The molecule has 0 aromatic heterocycles. The highest BCUT2D eigenvalue weighted by molar-refractivity contribution is 6.05. The van der Waals surface area contributed by atoms with Crippen LogP contribution in [0.3, 0.4) is 0 Å². The van der Waals surface area contributed by atoms with E-state index in [4.69, 9.17) is 4.74 Å². The van der Waals surface area contributed by atoms with Gasteiger partial charge in [-0.25, -0.2) is 0 Å². The number of allylic oxidation sites excluding steroid dienone is 1. The number of carbonyl (C=O) groups excluding carboxylic acids is 3. The molecule has 1 atom stereocenters. The maximum Gasteiger partial charge on any atom is 0.255 e. The smallest absolute Gasteiger partial charge is 0.255 e. The first kappa shape index (κ1) is 37.8. The molecule has 55 heavy (non-hydrogen) atoms. The monoisotopic (exact) mass is 741 g/mol. The van der Waals surface area contributed by atoms with Gasteiger partial charge in [0, 0.05) is 50.4 Å². The minimum Gasteiger partial charge on any atom is -0.508 e. The van der Waals surface area contributed by atoms with Gasteiger partial charge in [0.15, 0.2) is 0 Å². The molecule has 3 amide bonds. The van der Waals surface area contributed by atoms with E-state index in [2.05, 4.69) is 75.9 Å².